The summed E-state index contributed by atoms with van der Waals surface area (Å²) in [7, 11) is 0. The Morgan fingerprint density at radius 3 is 2.37 bits per heavy atom. The first-order valence-corrected chi connectivity index (χ1v) is 10.8. The number of hydrogen-bond donors (Lipinski definition) is 0. The molecule has 0 spiro atoms. The number of piperazine rings is 1. The molecule has 0 saturated carbocycles. The lowest BCUT2D eigenvalue weighted by atomic mass is 10.1. The van der Waals surface area contributed by atoms with Gasteiger partial charge in [-0.15, -0.1) is 0 Å². The fraction of sp³-hybridized carbons (Fsp3) is 0.455. The van der Waals surface area contributed by atoms with E-state index in [2.05, 4.69) is 49.1 Å². The fourth-order valence-electron chi connectivity index (χ4n) is 4.43. The highest BCUT2D eigenvalue weighted by molar-refractivity contribution is 5.88. The van der Waals surface area contributed by atoms with Crippen LogP contribution in [0.1, 0.15) is 19.3 Å². The maximum atomic E-state index is 12.7. The number of hydrogen-bond acceptors (Lipinski definition) is 6. The molecule has 0 bridgehead atoms. The van der Waals surface area contributed by atoms with Crippen LogP contribution >= 0.6 is 0 Å². The molecule has 2 aliphatic rings. The van der Waals surface area contributed by atoms with Gasteiger partial charge in [0.2, 0.25) is 5.91 Å². The maximum absolute atomic E-state index is 12.7. The van der Waals surface area contributed by atoms with E-state index in [4.69, 9.17) is 0 Å². The highest BCUT2D eigenvalue weighted by atomic mass is 16.2. The molecule has 8 heteroatoms. The third kappa shape index (κ3) is 3.69. The summed E-state index contributed by atoms with van der Waals surface area (Å²) in [6.45, 7) is 5.60. The Morgan fingerprint density at radius 2 is 1.60 bits per heavy atom. The molecule has 8 nitrogen and oxygen atoms in total. The third-order valence-corrected chi connectivity index (χ3v) is 6.11. The molecular weight excluding hydrogens is 378 g/mol. The third-order valence-electron chi connectivity index (χ3n) is 6.11. The van der Waals surface area contributed by atoms with Crippen molar-refractivity contribution in [1.29, 1.82) is 0 Å². The average Bonchev–Trinajstić information content (AvgIpc) is 3.23. The highest BCUT2D eigenvalue weighted by Crippen LogP contribution is 2.25. The van der Waals surface area contributed by atoms with Crippen molar-refractivity contribution in [2.24, 2.45) is 0 Å². The van der Waals surface area contributed by atoms with E-state index in [-0.39, 0.29) is 12.5 Å². The molecule has 2 aliphatic heterocycles. The van der Waals surface area contributed by atoms with E-state index in [0.29, 0.717) is 0 Å². The first-order valence-electron chi connectivity index (χ1n) is 10.8. The second-order valence-corrected chi connectivity index (χ2v) is 7.99. The number of para-hydroxylation sites is 1. The van der Waals surface area contributed by atoms with E-state index in [1.54, 1.807) is 17.2 Å². The zero-order valence-corrected chi connectivity index (χ0v) is 17.2. The van der Waals surface area contributed by atoms with Crippen molar-refractivity contribution in [3.05, 3.63) is 42.9 Å². The summed E-state index contributed by atoms with van der Waals surface area (Å²) >= 11 is 0. The number of anilines is 2. The van der Waals surface area contributed by atoms with Crippen LogP contribution < -0.4 is 9.80 Å². The van der Waals surface area contributed by atoms with Gasteiger partial charge in [-0.3, -0.25) is 4.79 Å². The lowest BCUT2D eigenvalue weighted by Gasteiger charge is -2.36. The normalized spacial score (nSPS) is 17.5. The number of rotatable bonds is 4. The Kier molecular flexibility index (Phi) is 5.21. The van der Waals surface area contributed by atoms with Crippen molar-refractivity contribution in [2.45, 2.75) is 25.8 Å². The molecule has 0 atom stereocenters. The van der Waals surface area contributed by atoms with Gasteiger partial charge < -0.3 is 14.7 Å². The second-order valence-electron chi connectivity index (χ2n) is 7.99. The molecule has 156 valence electrons. The SMILES string of the molecule is O=C(Cn1ncc2c(N3CCN(c4ccccc4)CC3)ncnc21)N1CCCCC1. The van der Waals surface area contributed by atoms with E-state index < -0.39 is 0 Å². The Labute approximate surface area is 176 Å². The smallest absolute Gasteiger partial charge is 0.244 e. The van der Waals surface area contributed by atoms with E-state index >= 15 is 0 Å². The van der Waals surface area contributed by atoms with Gasteiger partial charge >= 0.3 is 0 Å². The van der Waals surface area contributed by atoms with Crippen molar-refractivity contribution in [2.75, 3.05) is 49.1 Å². The van der Waals surface area contributed by atoms with Crippen LogP contribution in [0.3, 0.4) is 0 Å². The molecule has 0 unspecified atom stereocenters. The lowest BCUT2D eigenvalue weighted by molar-refractivity contribution is -0.132. The fourth-order valence-corrected chi connectivity index (χ4v) is 4.43. The van der Waals surface area contributed by atoms with Crippen LogP contribution in [-0.2, 0) is 11.3 Å². The van der Waals surface area contributed by atoms with Crippen LogP contribution in [0.4, 0.5) is 11.5 Å². The molecule has 2 saturated heterocycles. The number of benzene rings is 1. The largest absolute Gasteiger partial charge is 0.368 e. The first kappa shape index (κ1) is 18.8. The zero-order chi connectivity index (χ0) is 20.3. The maximum Gasteiger partial charge on any atom is 0.244 e. The number of carbonyl (C=O) groups is 1. The van der Waals surface area contributed by atoms with E-state index in [1.165, 1.54) is 12.1 Å². The van der Waals surface area contributed by atoms with E-state index in [1.807, 2.05) is 11.0 Å². The molecule has 0 radical (unpaired) electrons. The minimum absolute atomic E-state index is 0.122. The predicted molar refractivity (Wildman–Crippen MR) is 117 cm³/mol. The minimum atomic E-state index is 0.122. The van der Waals surface area contributed by atoms with Gasteiger partial charge in [-0.25, -0.2) is 14.6 Å². The molecule has 0 N–H and O–H groups in total. The van der Waals surface area contributed by atoms with Crippen LogP contribution in [0.25, 0.3) is 11.0 Å². The standard InChI is InChI=1S/C22H27N7O/c30-20(27-9-5-2-6-10-27)16-29-22-19(15-25-29)21(23-17-24-22)28-13-11-26(12-14-28)18-7-3-1-4-8-18/h1,3-4,7-8,15,17H,2,5-6,9-14,16H2. The van der Waals surface area contributed by atoms with Crippen LogP contribution in [0.15, 0.2) is 42.9 Å². The first-order chi connectivity index (χ1) is 14.8. The Hall–Kier alpha value is -3.16. The van der Waals surface area contributed by atoms with Gasteiger partial charge in [0.25, 0.3) is 0 Å². The lowest BCUT2D eigenvalue weighted by Crippen LogP contribution is -2.46. The van der Waals surface area contributed by atoms with E-state index in [9.17, 15) is 4.79 Å². The van der Waals surface area contributed by atoms with Gasteiger partial charge in [0.1, 0.15) is 18.7 Å². The minimum Gasteiger partial charge on any atom is -0.368 e. The molecule has 1 aromatic carbocycles. The molecule has 0 aliphatic carbocycles. The molecule has 2 aromatic heterocycles. The van der Waals surface area contributed by atoms with Gasteiger partial charge in [-0.1, -0.05) is 18.2 Å². The summed E-state index contributed by atoms with van der Waals surface area (Å²) in [5, 5.41) is 5.39. The van der Waals surface area contributed by atoms with Crippen molar-refractivity contribution >= 4 is 28.4 Å². The summed E-state index contributed by atoms with van der Waals surface area (Å²) in [6, 6.07) is 10.5. The average molecular weight is 406 g/mol. The Balaban J connectivity index is 1.31. The number of nitrogens with zero attached hydrogens (tertiary/aromatic N) is 7. The molecule has 1 amide bonds. The van der Waals surface area contributed by atoms with Crippen LogP contribution in [0, 0.1) is 0 Å². The number of likely N-dealkylation sites (tertiary alicyclic amines) is 1. The number of fused-ring (bicyclic) bond motifs is 1. The summed E-state index contributed by atoms with van der Waals surface area (Å²) in [6.07, 6.45) is 6.78. The van der Waals surface area contributed by atoms with Gasteiger partial charge in [-0.2, -0.15) is 5.10 Å². The van der Waals surface area contributed by atoms with Gasteiger partial charge in [-0.05, 0) is 31.4 Å². The van der Waals surface area contributed by atoms with Crippen molar-refractivity contribution < 1.29 is 4.79 Å². The highest BCUT2D eigenvalue weighted by Gasteiger charge is 2.23. The molecule has 4 heterocycles. The Morgan fingerprint density at radius 1 is 0.867 bits per heavy atom. The number of piperidine rings is 1. The number of carbonyl (C=O) groups excluding carboxylic acids is 1. The molecular formula is C22H27N7O. The quantitative estimate of drug-likeness (QED) is 0.663. The topological polar surface area (TPSA) is 70.4 Å². The summed E-state index contributed by atoms with van der Waals surface area (Å²) in [5.41, 5.74) is 1.99. The summed E-state index contributed by atoms with van der Waals surface area (Å²) in [5.74, 6) is 1.03. The molecule has 3 aromatic rings. The van der Waals surface area contributed by atoms with Crippen LogP contribution in [0.5, 0.6) is 0 Å². The van der Waals surface area contributed by atoms with Gasteiger partial charge in [0.05, 0.1) is 11.6 Å². The van der Waals surface area contributed by atoms with Crippen LogP contribution in [-0.4, -0.2) is 69.8 Å². The summed E-state index contributed by atoms with van der Waals surface area (Å²) < 4.78 is 1.72. The van der Waals surface area contributed by atoms with Crippen molar-refractivity contribution in [3.8, 4) is 0 Å². The predicted octanol–water partition coefficient (Wildman–Crippen LogP) is 2.17. The number of aromatic nitrogens is 4. The molecule has 2 fully saturated rings. The van der Waals surface area contributed by atoms with Gasteiger partial charge in [0, 0.05) is 45.0 Å². The van der Waals surface area contributed by atoms with E-state index in [0.717, 1.165) is 69.0 Å². The van der Waals surface area contributed by atoms with Crippen molar-refractivity contribution in [1.82, 2.24) is 24.6 Å². The zero-order valence-electron chi connectivity index (χ0n) is 17.2. The Bertz CT molecular complexity index is 1000. The molecule has 5 rings (SSSR count). The second kappa shape index (κ2) is 8.30. The molecule has 30 heavy (non-hydrogen) atoms. The monoisotopic (exact) mass is 405 g/mol. The van der Waals surface area contributed by atoms with Crippen molar-refractivity contribution in [3.63, 3.8) is 0 Å². The summed E-state index contributed by atoms with van der Waals surface area (Å²) in [4.78, 5) is 28.3. The van der Waals surface area contributed by atoms with Gasteiger partial charge in [0.15, 0.2) is 5.65 Å². The van der Waals surface area contributed by atoms with Crippen LogP contribution in [0.2, 0.25) is 0 Å². The number of amides is 1.